The van der Waals surface area contributed by atoms with Crippen LogP contribution in [-0.4, -0.2) is 23.3 Å². The molecule has 5 heteroatoms. The van der Waals surface area contributed by atoms with E-state index in [0.717, 1.165) is 51.7 Å². The topological polar surface area (TPSA) is 33.5 Å². The summed E-state index contributed by atoms with van der Waals surface area (Å²) in [5.74, 6) is 2.88. The summed E-state index contributed by atoms with van der Waals surface area (Å²) in [6.45, 7) is 5.28. The normalized spacial score (nSPS) is 12.8. The molecule has 7 aromatic rings. The summed E-state index contributed by atoms with van der Waals surface area (Å²) in [6, 6.07) is 44.7. The Bertz CT molecular complexity index is 2200. The van der Waals surface area contributed by atoms with Crippen LogP contribution in [0.1, 0.15) is 25.3 Å². The van der Waals surface area contributed by atoms with Crippen LogP contribution < -0.4 is 14.5 Å². The molecule has 0 saturated heterocycles. The molecule has 5 aromatic carbocycles. The molecule has 3 heterocycles. The number of para-hydroxylation sites is 3. The van der Waals surface area contributed by atoms with E-state index in [1.54, 1.807) is 0 Å². The van der Waals surface area contributed by atoms with Gasteiger partial charge in [0.2, 0.25) is 0 Å². The van der Waals surface area contributed by atoms with E-state index < -0.39 is 0 Å². The van der Waals surface area contributed by atoms with Crippen molar-refractivity contribution in [3.8, 4) is 28.4 Å². The first-order valence-electron chi connectivity index (χ1n) is 15.5. The van der Waals surface area contributed by atoms with Gasteiger partial charge in [0, 0.05) is 41.8 Å². The molecule has 8 rings (SSSR count). The second-order valence-electron chi connectivity index (χ2n) is 12.0. The minimum absolute atomic E-state index is 0.422. The first-order chi connectivity index (χ1) is 22.0. The molecule has 2 aromatic heterocycles. The Balaban J connectivity index is 1.20. The number of pyridine rings is 1. The highest BCUT2D eigenvalue weighted by atomic mass is 16.5. The molecule has 1 aliphatic heterocycles. The lowest BCUT2D eigenvalue weighted by molar-refractivity contribution is 0.483. The molecule has 0 saturated carbocycles. The van der Waals surface area contributed by atoms with Crippen LogP contribution in [0, 0.1) is 0 Å². The smallest absolute Gasteiger partial charge is 0.138 e. The summed E-state index contributed by atoms with van der Waals surface area (Å²) >= 11 is 0. The molecule has 1 aliphatic rings. The lowest BCUT2D eigenvalue weighted by Crippen LogP contribution is -2.23. The van der Waals surface area contributed by atoms with Gasteiger partial charge < -0.3 is 14.5 Å². The van der Waals surface area contributed by atoms with Crippen molar-refractivity contribution in [2.75, 3.05) is 23.5 Å². The third-order valence-corrected chi connectivity index (χ3v) is 8.82. The van der Waals surface area contributed by atoms with Gasteiger partial charge in [-0.3, -0.25) is 4.57 Å². The molecule has 0 fully saturated rings. The predicted octanol–water partition coefficient (Wildman–Crippen LogP) is 10.3. The van der Waals surface area contributed by atoms with Crippen LogP contribution >= 0.6 is 0 Å². The Morgan fingerprint density at radius 2 is 1.42 bits per heavy atom. The van der Waals surface area contributed by atoms with Crippen molar-refractivity contribution in [1.82, 2.24) is 9.55 Å². The fourth-order valence-corrected chi connectivity index (χ4v) is 6.68. The number of nitrogens with zero attached hydrogens (tertiary/aromatic N) is 4. The van der Waals surface area contributed by atoms with E-state index in [-0.39, 0.29) is 0 Å². The van der Waals surface area contributed by atoms with Crippen LogP contribution in [0.4, 0.5) is 17.1 Å². The van der Waals surface area contributed by atoms with E-state index in [1.807, 2.05) is 12.3 Å². The van der Waals surface area contributed by atoms with Crippen molar-refractivity contribution in [3.05, 3.63) is 139 Å². The van der Waals surface area contributed by atoms with Gasteiger partial charge in [0.05, 0.1) is 29.1 Å². The molecule has 0 spiro atoms. The van der Waals surface area contributed by atoms with Gasteiger partial charge in [-0.1, -0.05) is 74.5 Å². The van der Waals surface area contributed by atoms with Crippen LogP contribution in [0.5, 0.6) is 11.5 Å². The number of hydrogen-bond donors (Lipinski definition) is 0. The quantitative estimate of drug-likeness (QED) is 0.194. The Morgan fingerprint density at radius 1 is 0.667 bits per heavy atom. The number of anilines is 3. The molecule has 0 radical (unpaired) electrons. The molecule has 5 nitrogen and oxygen atoms in total. The summed E-state index contributed by atoms with van der Waals surface area (Å²) in [5, 5.41) is 2.35. The largest absolute Gasteiger partial charge is 0.457 e. The molecule has 220 valence electrons. The van der Waals surface area contributed by atoms with Gasteiger partial charge in [-0.15, -0.1) is 0 Å². The lowest BCUT2D eigenvalue weighted by atomic mass is 9.93. The van der Waals surface area contributed by atoms with Crippen molar-refractivity contribution in [3.63, 3.8) is 0 Å². The number of fused-ring (bicyclic) bond motifs is 4. The molecule has 0 atom stereocenters. The van der Waals surface area contributed by atoms with E-state index in [0.29, 0.717) is 5.92 Å². The van der Waals surface area contributed by atoms with Gasteiger partial charge in [-0.05, 0) is 77.2 Å². The van der Waals surface area contributed by atoms with Crippen LogP contribution in [0.2, 0.25) is 0 Å². The number of benzene rings is 5. The second-order valence-corrected chi connectivity index (χ2v) is 12.0. The van der Waals surface area contributed by atoms with Gasteiger partial charge in [0.25, 0.3) is 0 Å². The zero-order chi connectivity index (χ0) is 30.5. The Kier molecular flexibility index (Phi) is 6.53. The number of ether oxygens (including phenoxy) is 1. The van der Waals surface area contributed by atoms with E-state index >= 15 is 0 Å². The molecular weight excluding hydrogens is 552 g/mol. The van der Waals surface area contributed by atoms with E-state index in [9.17, 15) is 0 Å². The third kappa shape index (κ3) is 4.68. The highest BCUT2D eigenvalue weighted by Crippen LogP contribution is 2.41. The molecule has 0 N–H and O–H groups in total. The highest BCUT2D eigenvalue weighted by molar-refractivity contribution is 6.09. The van der Waals surface area contributed by atoms with Gasteiger partial charge in [0.15, 0.2) is 0 Å². The van der Waals surface area contributed by atoms with Crippen molar-refractivity contribution in [2.45, 2.75) is 19.8 Å². The maximum atomic E-state index is 6.55. The van der Waals surface area contributed by atoms with Crippen LogP contribution in [0.15, 0.2) is 134 Å². The minimum atomic E-state index is 0.422. The zero-order valence-corrected chi connectivity index (χ0v) is 25.7. The van der Waals surface area contributed by atoms with Crippen LogP contribution in [-0.2, 0) is 0 Å². The van der Waals surface area contributed by atoms with Crippen molar-refractivity contribution >= 4 is 38.9 Å². The van der Waals surface area contributed by atoms with Crippen molar-refractivity contribution in [2.24, 2.45) is 0 Å². The molecule has 45 heavy (non-hydrogen) atoms. The zero-order valence-electron chi connectivity index (χ0n) is 25.7. The summed E-state index contributed by atoms with van der Waals surface area (Å²) in [5.41, 5.74) is 9.44. The van der Waals surface area contributed by atoms with Crippen LogP contribution in [0.3, 0.4) is 0 Å². The summed E-state index contributed by atoms with van der Waals surface area (Å²) < 4.78 is 8.81. The summed E-state index contributed by atoms with van der Waals surface area (Å²) in [7, 11) is 2.13. The average Bonchev–Trinajstić information content (AvgIpc) is 3.59. The van der Waals surface area contributed by atoms with Gasteiger partial charge in [-0.25, -0.2) is 4.98 Å². The molecule has 0 amide bonds. The fraction of sp³-hybridized carbons (Fsp3) is 0.125. The number of aromatic nitrogens is 2. The van der Waals surface area contributed by atoms with Gasteiger partial charge >= 0.3 is 0 Å². The van der Waals surface area contributed by atoms with E-state index in [4.69, 9.17) is 9.72 Å². The predicted molar refractivity (Wildman–Crippen MR) is 186 cm³/mol. The summed E-state index contributed by atoms with van der Waals surface area (Å²) in [4.78, 5) is 9.47. The molecule has 0 unspecified atom stereocenters. The lowest BCUT2D eigenvalue weighted by Gasteiger charge is -2.20. The Labute approximate surface area is 263 Å². The SMILES string of the molecule is CC(C)c1ccccc1-c1ccnc(-n2c3ccccc3c3ccc(Oc4cccc(N5CN(C)c6ccccc65)c4)cc32)c1. The number of hydrogen-bond acceptors (Lipinski definition) is 4. The first kappa shape index (κ1) is 27.0. The monoisotopic (exact) mass is 586 g/mol. The van der Waals surface area contributed by atoms with E-state index in [2.05, 4.69) is 157 Å². The summed E-state index contributed by atoms with van der Waals surface area (Å²) in [6.07, 6.45) is 1.92. The van der Waals surface area contributed by atoms with E-state index in [1.165, 1.54) is 27.9 Å². The average molecular weight is 587 g/mol. The maximum absolute atomic E-state index is 6.55. The number of rotatable bonds is 6. The molecule has 0 aliphatic carbocycles. The Hall–Kier alpha value is -5.55. The van der Waals surface area contributed by atoms with Gasteiger partial charge in [0.1, 0.15) is 17.3 Å². The van der Waals surface area contributed by atoms with Crippen molar-refractivity contribution in [1.29, 1.82) is 0 Å². The second kappa shape index (κ2) is 10.9. The van der Waals surface area contributed by atoms with Crippen LogP contribution in [0.25, 0.3) is 38.8 Å². The Morgan fingerprint density at radius 3 is 2.31 bits per heavy atom. The molecule has 0 bridgehead atoms. The third-order valence-electron chi connectivity index (χ3n) is 8.82. The van der Waals surface area contributed by atoms with Gasteiger partial charge in [-0.2, -0.15) is 0 Å². The maximum Gasteiger partial charge on any atom is 0.138 e. The molecular formula is C40H34N4O. The standard InChI is InChI=1S/C40H34N4O/c1-27(2)32-13-4-5-14-33(32)28-21-22-41-40(23-28)44-36-16-7-6-15-34(36)35-20-19-31(25-39(35)44)45-30-12-10-11-29(24-30)43-26-42(3)37-17-8-9-18-38(37)43/h4-25,27H,26H2,1-3H3. The highest BCUT2D eigenvalue weighted by Gasteiger charge is 2.24. The fourth-order valence-electron chi connectivity index (χ4n) is 6.68. The van der Waals surface area contributed by atoms with Crippen molar-refractivity contribution < 1.29 is 4.74 Å². The first-order valence-corrected chi connectivity index (χ1v) is 15.5. The minimum Gasteiger partial charge on any atom is -0.457 e.